The largest absolute Gasteiger partial charge is 0.469 e. The van der Waals surface area contributed by atoms with E-state index in [1.165, 1.54) is 32.8 Å². The van der Waals surface area contributed by atoms with Gasteiger partial charge in [-0.15, -0.1) is 0 Å². The second-order valence-electron chi connectivity index (χ2n) is 5.20. The predicted octanol–water partition coefficient (Wildman–Crippen LogP) is 1.72. The van der Waals surface area contributed by atoms with Crippen LogP contribution in [0.2, 0.25) is 0 Å². The summed E-state index contributed by atoms with van der Waals surface area (Å²) in [5, 5.41) is 3.47. The van der Waals surface area contributed by atoms with Gasteiger partial charge in [-0.2, -0.15) is 0 Å². The molecule has 2 fully saturated rings. The average Bonchev–Trinajstić information content (AvgIpc) is 3.04. The molecule has 2 saturated carbocycles. The van der Waals surface area contributed by atoms with Gasteiger partial charge in [-0.1, -0.05) is 0 Å². The predicted molar refractivity (Wildman–Crippen MR) is 58.5 cm³/mol. The number of carbonyl (C=O) groups is 1. The minimum atomic E-state index is -0.119. The van der Waals surface area contributed by atoms with Gasteiger partial charge in [0, 0.05) is 12.6 Å². The molecule has 1 atom stereocenters. The third-order valence-corrected chi connectivity index (χ3v) is 3.84. The van der Waals surface area contributed by atoms with Gasteiger partial charge in [0.2, 0.25) is 0 Å². The van der Waals surface area contributed by atoms with Crippen LogP contribution < -0.4 is 5.32 Å². The van der Waals surface area contributed by atoms with Gasteiger partial charge in [0.25, 0.3) is 0 Å². The van der Waals surface area contributed by atoms with Gasteiger partial charge in [-0.3, -0.25) is 4.79 Å². The summed E-state index contributed by atoms with van der Waals surface area (Å²) < 4.78 is 4.65. The van der Waals surface area contributed by atoms with E-state index < -0.39 is 0 Å². The lowest BCUT2D eigenvalue weighted by Crippen LogP contribution is -2.34. The third-order valence-electron chi connectivity index (χ3n) is 3.84. The minimum absolute atomic E-state index is 0.119. The van der Waals surface area contributed by atoms with Gasteiger partial charge in [0.1, 0.15) is 0 Å². The number of ether oxygens (including phenoxy) is 1. The zero-order valence-electron chi connectivity index (χ0n) is 9.71. The van der Waals surface area contributed by atoms with Crippen LogP contribution in [0.1, 0.15) is 39.0 Å². The fourth-order valence-electron chi connectivity index (χ4n) is 2.37. The van der Waals surface area contributed by atoms with E-state index in [0.29, 0.717) is 11.8 Å². The molecule has 0 aliphatic heterocycles. The van der Waals surface area contributed by atoms with Crippen molar-refractivity contribution < 1.29 is 9.53 Å². The topological polar surface area (TPSA) is 38.3 Å². The number of nitrogens with one attached hydrogen (secondary N) is 1. The number of methoxy groups -OCH3 is 1. The van der Waals surface area contributed by atoms with E-state index in [9.17, 15) is 4.79 Å². The first-order valence-electron chi connectivity index (χ1n) is 5.96. The number of rotatable bonds is 6. The molecule has 3 heteroatoms. The summed E-state index contributed by atoms with van der Waals surface area (Å²) in [6.45, 7) is 3.15. The first kappa shape index (κ1) is 10.9. The van der Waals surface area contributed by atoms with Crippen molar-refractivity contribution in [1.29, 1.82) is 0 Å². The van der Waals surface area contributed by atoms with Crippen LogP contribution in [0.4, 0.5) is 0 Å². The van der Waals surface area contributed by atoms with Crippen molar-refractivity contribution in [2.45, 2.75) is 45.1 Å². The highest BCUT2D eigenvalue weighted by Crippen LogP contribution is 2.60. The summed E-state index contributed by atoms with van der Waals surface area (Å²) in [7, 11) is 1.45. The van der Waals surface area contributed by atoms with Gasteiger partial charge >= 0.3 is 5.97 Å². The Morgan fingerprint density at radius 3 is 2.67 bits per heavy atom. The van der Waals surface area contributed by atoms with E-state index in [1.807, 2.05) is 0 Å². The maximum atomic E-state index is 11.0. The summed E-state index contributed by atoms with van der Waals surface area (Å²) in [5.41, 5.74) is 0.615. The molecule has 0 aromatic rings. The van der Waals surface area contributed by atoms with Crippen molar-refractivity contribution in [2.75, 3.05) is 13.7 Å². The first-order valence-corrected chi connectivity index (χ1v) is 5.96. The second kappa shape index (κ2) is 4.12. The van der Waals surface area contributed by atoms with Crippen molar-refractivity contribution in [1.82, 2.24) is 5.32 Å². The van der Waals surface area contributed by atoms with Crippen LogP contribution in [0.3, 0.4) is 0 Å². The van der Waals surface area contributed by atoms with E-state index >= 15 is 0 Å². The SMILES string of the molecule is COC(=O)CC(C)NCC1(C2CC2)CC1. The number of hydrogen-bond donors (Lipinski definition) is 1. The van der Waals surface area contributed by atoms with Gasteiger partial charge in [0.15, 0.2) is 0 Å². The lowest BCUT2D eigenvalue weighted by Gasteiger charge is -2.19. The molecule has 0 aromatic heterocycles. The molecule has 0 amide bonds. The van der Waals surface area contributed by atoms with Crippen molar-refractivity contribution in [2.24, 2.45) is 11.3 Å². The van der Waals surface area contributed by atoms with Crippen LogP contribution in [0.5, 0.6) is 0 Å². The summed E-state index contributed by atoms with van der Waals surface area (Å²) in [6.07, 6.45) is 6.10. The lowest BCUT2D eigenvalue weighted by molar-refractivity contribution is -0.141. The van der Waals surface area contributed by atoms with Crippen molar-refractivity contribution >= 4 is 5.97 Å². The molecule has 0 saturated heterocycles. The Balaban J connectivity index is 1.66. The molecule has 2 aliphatic carbocycles. The Labute approximate surface area is 91.6 Å². The summed E-state index contributed by atoms with van der Waals surface area (Å²) >= 11 is 0. The summed E-state index contributed by atoms with van der Waals surface area (Å²) in [6, 6.07) is 0.244. The highest BCUT2D eigenvalue weighted by atomic mass is 16.5. The van der Waals surface area contributed by atoms with Crippen molar-refractivity contribution in [3.05, 3.63) is 0 Å². The van der Waals surface area contributed by atoms with Gasteiger partial charge in [-0.25, -0.2) is 0 Å². The zero-order valence-corrected chi connectivity index (χ0v) is 9.71. The molecule has 0 radical (unpaired) electrons. The summed E-state index contributed by atoms with van der Waals surface area (Å²) in [5.74, 6) is 0.863. The zero-order chi connectivity index (χ0) is 10.9. The molecule has 0 heterocycles. The number of hydrogen-bond acceptors (Lipinski definition) is 3. The van der Waals surface area contributed by atoms with E-state index in [4.69, 9.17) is 0 Å². The van der Waals surface area contributed by atoms with Crippen LogP contribution in [0.25, 0.3) is 0 Å². The Kier molecular flexibility index (Phi) is 3.01. The molecular formula is C12H21NO2. The average molecular weight is 211 g/mol. The van der Waals surface area contributed by atoms with Crippen LogP contribution in [0, 0.1) is 11.3 Å². The standard InChI is InChI=1S/C12H21NO2/c1-9(7-11(14)15-2)13-8-12(5-6-12)10-3-4-10/h9-10,13H,3-8H2,1-2H3. The van der Waals surface area contributed by atoms with Crippen molar-refractivity contribution in [3.8, 4) is 0 Å². The Morgan fingerprint density at radius 1 is 1.53 bits per heavy atom. The monoisotopic (exact) mass is 211 g/mol. The number of esters is 1. The van der Waals surface area contributed by atoms with E-state index in [0.717, 1.165) is 12.5 Å². The minimum Gasteiger partial charge on any atom is -0.469 e. The third kappa shape index (κ3) is 2.71. The molecule has 0 spiro atoms. The fraction of sp³-hybridized carbons (Fsp3) is 0.917. The van der Waals surface area contributed by atoms with Crippen LogP contribution in [0.15, 0.2) is 0 Å². The van der Waals surface area contributed by atoms with E-state index in [1.54, 1.807) is 0 Å². The highest BCUT2D eigenvalue weighted by Gasteiger charge is 2.53. The van der Waals surface area contributed by atoms with Gasteiger partial charge < -0.3 is 10.1 Å². The molecule has 3 nitrogen and oxygen atoms in total. The Morgan fingerprint density at radius 2 is 2.20 bits per heavy atom. The molecule has 1 unspecified atom stereocenters. The molecule has 15 heavy (non-hydrogen) atoms. The maximum absolute atomic E-state index is 11.0. The molecule has 86 valence electrons. The summed E-state index contributed by atoms with van der Waals surface area (Å²) in [4.78, 5) is 11.0. The maximum Gasteiger partial charge on any atom is 0.307 e. The van der Waals surface area contributed by atoms with Crippen LogP contribution in [-0.4, -0.2) is 25.7 Å². The smallest absolute Gasteiger partial charge is 0.307 e. The second-order valence-corrected chi connectivity index (χ2v) is 5.20. The first-order chi connectivity index (χ1) is 7.16. The van der Waals surface area contributed by atoms with Gasteiger partial charge in [0.05, 0.1) is 13.5 Å². The Bertz CT molecular complexity index is 244. The fourth-order valence-corrected chi connectivity index (χ4v) is 2.37. The molecular weight excluding hydrogens is 190 g/mol. The quantitative estimate of drug-likeness (QED) is 0.680. The molecule has 1 N–H and O–H groups in total. The molecule has 2 rings (SSSR count). The Hall–Kier alpha value is -0.570. The highest BCUT2D eigenvalue weighted by molar-refractivity contribution is 5.69. The molecule has 0 bridgehead atoms. The molecule has 2 aliphatic rings. The van der Waals surface area contributed by atoms with Gasteiger partial charge in [-0.05, 0) is 43.9 Å². The van der Waals surface area contributed by atoms with E-state index in [2.05, 4.69) is 17.0 Å². The molecule has 0 aromatic carbocycles. The lowest BCUT2D eigenvalue weighted by atomic mass is 10.0. The van der Waals surface area contributed by atoms with Crippen molar-refractivity contribution in [3.63, 3.8) is 0 Å². The van der Waals surface area contributed by atoms with E-state index in [-0.39, 0.29) is 12.0 Å². The normalized spacial score (nSPS) is 24.7. The van der Waals surface area contributed by atoms with Crippen LogP contribution in [-0.2, 0) is 9.53 Å². The number of carbonyl (C=O) groups excluding carboxylic acids is 1. The van der Waals surface area contributed by atoms with Crippen LogP contribution >= 0.6 is 0 Å².